The molecule has 0 radical (unpaired) electrons. The lowest BCUT2D eigenvalue weighted by molar-refractivity contribution is -0.00120. The first kappa shape index (κ1) is 38.5. The number of carbonyl (C=O) groups is 1. The Bertz CT molecular complexity index is 1840. The van der Waals surface area contributed by atoms with Crippen LogP contribution in [0, 0.1) is 5.92 Å². The second-order valence-electron chi connectivity index (χ2n) is 16.5. The van der Waals surface area contributed by atoms with Gasteiger partial charge in [0.15, 0.2) is 5.78 Å². The van der Waals surface area contributed by atoms with Crippen molar-refractivity contribution in [1.29, 1.82) is 0 Å². The van der Waals surface area contributed by atoms with Gasteiger partial charge in [-0.3, -0.25) is 9.69 Å². The maximum atomic E-state index is 15.1. The third kappa shape index (κ3) is 7.55. The molecule has 1 heterocycles. The summed E-state index contributed by atoms with van der Waals surface area (Å²) in [6.07, 6.45) is 10.9. The van der Waals surface area contributed by atoms with Crippen molar-refractivity contribution in [3.05, 3.63) is 136 Å². The number of hydrogen-bond donors (Lipinski definition) is 2. The van der Waals surface area contributed by atoms with Gasteiger partial charge in [0.1, 0.15) is 0 Å². The summed E-state index contributed by atoms with van der Waals surface area (Å²) in [6, 6.07) is 33.7. The first-order valence-electron chi connectivity index (χ1n) is 20.6. The maximum absolute atomic E-state index is 15.1. The van der Waals surface area contributed by atoms with Crippen LogP contribution in [0.5, 0.6) is 0 Å². The number of nitrogens with zero attached hydrogens (tertiary/aromatic N) is 2. The lowest BCUT2D eigenvalue weighted by Gasteiger charge is -2.48. The molecule has 0 spiro atoms. The first-order valence-corrected chi connectivity index (χ1v) is 20.6. The zero-order valence-corrected chi connectivity index (χ0v) is 32.7. The minimum absolute atomic E-state index is 0.0416. The van der Waals surface area contributed by atoms with Crippen molar-refractivity contribution >= 4 is 11.5 Å². The van der Waals surface area contributed by atoms with Crippen LogP contribution < -0.4 is 4.90 Å². The predicted octanol–water partition coefficient (Wildman–Crippen LogP) is 9.13. The number of aliphatic hydroxyl groups is 2. The molecule has 1 saturated heterocycles. The third-order valence-corrected chi connectivity index (χ3v) is 13.1. The van der Waals surface area contributed by atoms with Crippen LogP contribution in [0.25, 0.3) is 0 Å². The average molecular weight is 729 g/mol. The lowest BCUT2D eigenvalue weighted by atomic mass is 9.66. The van der Waals surface area contributed by atoms with Gasteiger partial charge < -0.3 is 19.8 Å². The molecule has 3 fully saturated rings. The van der Waals surface area contributed by atoms with Gasteiger partial charge in [0.2, 0.25) is 0 Å². The number of carbonyl (C=O) groups excluding carboxylic acids is 1. The normalized spacial score (nSPS) is 20.3. The van der Waals surface area contributed by atoms with Gasteiger partial charge >= 0.3 is 0 Å². The second kappa shape index (κ2) is 16.5. The van der Waals surface area contributed by atoms with E-state index in [1.165, 1.54) is 11.3 Å². The largest absolute Gasteiger partial charge is 0.385 e. The second-order valence-corrected chi connectivity index (χ2v) is 16.5. The van der Waals surface area contributed by atoms with Crippen LogP contribution in [0.2, 0.25) is 0 Å². The van der Waals surface area contributed by atoms with Gasteiger partial charge in [-0.1, -0.05) is 131 Å². The van der Waals surface area contributed by atoms with E-state index in [0.717, 1.165) is 113 Å². The predicted molar refractivity (Wildman–Crippen MR) is 218 cm³/mol. The molecule has 0 bridgehead atoms. The molecular weight excluding hydrogens is 669 g/mol. The highest BCUT2D eigenvalue weighted by molar-refractivity contribution is 6.10. The van der Waals surface area contributed by atoms with Crippen molar-refractivity contribution in [3.8, 4) is 0 Å². The molecule has 2 N–H and O–H groups in total. The summed E-state index contributed by atoms with van der Waals surface area (Å²) >= 11 is 0. The highest BCUT2D eigenvalue weighted by atomic mass is 16.5. The van der Waals surface area contributed by atoms with E-state index in [4.69, 9.17) is 4.74 Å². The Morgan fingerprint density at radius 1 is 0.759 bits per heavy atom. The molecule has 3 aliphatic rings. The quantitative estimate of drug-likeness (QED) is 0.142. The van der Waals surface area contributed by atoms with Crippen LogP contribution in [0.3, 0.4) is 0 Å². The van der Waals surface area contributed by atoms with Crippen LogP contribution in [0.1, 0.15) is 121 Å². The molecule has 2 aliphatic carbocycles. The molecule has 1 aliphatic heterocycles. The molecule has 6 nitrogen and oxygen atoms in total. The minimum atomic E-state index is -0.939. The topological polar surface area (TPSA) is 73.2 Å². The van der Waals surface area contributed by atoms with Crippen molar-refractivity contribution in [2.24, 2.45) is 5.92 Å². The first-order chi connectivity index (χ1) is 26.2. The number of ketones is 1. The Morgan fingerprint density at radius 2 is 1.33 bits per heavy atom. The Balaban J connectivity index is 1.41. The monoisotopic (exact) mass is 728 g/mol. The van der Waals surface area contributed by atoms with Crippen molar-refractivity contribution < 1.29 is 19.7 Å². The van der Waals surface area contributed by atoms with Gasteiger partial charge in [0.05, 0.1) is 30.0 Å². The fourth-order valence-electron chi connectivity index (χ4n) is 9.99. The van der Waals surface area contributed by atoms with Crippen molar-refractivity contribution in [2.45, 2.75) is 101 Å². The molecule has 286 valence electrons. The zero-order chi connectivity index (χ0) is 37.8. The lowest BCUT2D eigenvalue weighted by Crippen LogP contribution is -2.50. The molecule has 2 atom stereocenters. The molecule has 2 unspecified atom stereocenters. The van der Waals surface area contributed by atoms with Crippen molar-refractivity contribution in [1.82, 2.24) is 4.90 Å². The van der Waals surface area contributed by atoms with E-state index in [0.29, 0.717) is 24.0 Å². The minimum Gasteiger partial charge on any atom is -0.385 e. The Kier molecular flexibility index (Phi) is 11.8. The van der Waals surface area contributed by atoms with Gasteiger partial charge in [0.25, 0.3) is 0 Å². The standard InChI is InChI=1S/C48H60N2O4/c1-4-38(34-36-14-8-5-9-15-36)48(49(2)3,40-20-23-42(24-21-40)50-30-32-54-33-31-50)44-35-41(47(53)28-12-7-13-29-47)22-25-43(44)45(51)37-16-18-39(19-17-37)46(52)26-10-6-11-27-46/h5,8-9,14-25,35,38,52-53H,4,6-7,10-13,26-34H2,1-3H3. The SMILES string of the molecule is CCC(Cc1ccccc1)C(c1ccc(N2CCOCC2)cc1)(c1cc(C2(O)CCCCC2)ccc1C(=O)c1ccc(C2(O)CCCCC2)cc1)N(C)C. The third-order valence-electron chi connectivity index (χ3n) is 13.1. The van der Waals surface area contributed by atoms with Gasteiger partial charge in [-0.05, 0) is 98.1 Å². The summed E-state index contributed by atoms with van der Waals surface area (Å²) in [6.45, 7) is 5.43. The molecular formula is C48H60N2O4. The molecule has 4 aromatic carbocycles. The summed E-state index contributed by atoms with van der Waals surface area (Å²) in [5.41, 5.74) is 5.05. The number of anilines is 1. The van der Waals surface area contributed by atoms with Crippen LogP contribution in [-0.2, 0) is 27.9 Å². The van der Waals surface area contributed by atoms with Crippen LogP contribution >= 0.6 is 0 Å². The maximum Gasteiger partial charge on any atom is 0.193 e. The number of morpholine rings is 1. The molecule has 0 aromatic heterocycles. The highest BCUT2D eigenvalue weighted by Crippen LogP contribution is 2.49. The number of rotatable bonds is 12. The zero-order valence-electron chi connectivity index (χ0n) is 32.7. The van der Waals surface area contributed by atoms with E-state index in [1.807, 2.05) is 36.4 Å². The molecule has 54 heavy (non-hydrogen) atoms. The summed E-state index contributed by atoms with van der Waals surface area (Å²) < 4.78 is 5.66. The molecule has 0 amide bonds. The molecule has 2 saturated carbocycles. The summed E-state index contributed by atoms with van der Waals surface area (Å²) in [4.78, 5) is 19.8. The Morgan fingerprint density at radius 3 is 1.91 bits per heavy atom. The van der Waals surface area contributed by atoms with Crippen LogP contribution in [0.4, 0.5) is 5.69 Å². The number of benzene rings is 4. The fraction of sp³-hybridized carbons (Fsp3) is 0.479. The Labute approximate surface area is 323 Å². The fourth-order valence-corrected chi connectivity index (χ4v) is 9.99. The van der Waals surface area contributed by atoms with Gasteiger partial charge in [-0.25, -0.2) is 0 Å². The smallest absolute Gasteiger partial charge is 0.193 e. The highest BCUT2D eigenvalue weighted by Gasteiger charge is 2.47. The Hall–Kier alpha value is -3.81. The van der Waals surface area contributed by atoms with Crippen LogP contribution in [-0.4, -0.2) is 61.3 Å². The summed E-state index contributed by atoms with van der Waals surface area (Å²) in [7, 11) is 4.30. The number of ether oxygens (including phenoxy) is 1. The van der Waals surface area contributed by atoms with Gasteiger partial charge in [0, 0.05) is 29.9 Å². The van der Waals surface area contributed by atoms with Crippen LogP contribution in [0.15, 0.2) is 97.1 Å². The van der Waals surface area contributed by atoms with Crippen molar-refractivity contribution in [3.63, 3.8) is 0 Å². The van der Waals surface area contributed by atoms with E-state index < -0.39 is 16.7 Å². The average Bonchev–Trinajstić information content (AvgIpc) is 3.22. The molecule has 4 aromatic rings. The van der Waals surface area contributed by atoms with E-state index in [-0.39, 0.29) is 11.7 Å². The van der Waals surface area contributed by atoms with Crippen molar-refractivity contribution in [2.75, 3.05) is 45.3 Å². The molecule has 6 heteroatoms. The van der Waals surface area contributed by atoms with E-state index in [1.54, 1.807) is 0 Å². The van der Waals surface area contributed by atoms with E-state index in [9.17, 15) is 10.2 Å². The van der Waals surface area contributed by atoms with E-state index in [2.05, 4.69) is 91.5 Å². The van der Waals surface area contributed by atoms with E-state index >= 15 is 4.79 Å². The summed E-state index contributed by atoms with van der Waals surface area (Å²) in [5, 5.41) is 23.7. The number of hydrogen-bond acceptors (Lipinski definition) is 6. The van der Waals surface area contributed by atoms with Gasteiger partial charge in [-0.2, -0.15) is 0 Å². The van der Waals surface area contributed by atoms with Gasteiger partial charge in [-0.15, -0.1) is 0 Å². The summed E-state index contributed by atoms with van der Waals surface area (Å²) in [5.74, 6) is 0.0370. The molecule has 7 rings (SSSR count).